The van der Waals surface area contributed by atoms with Crippen LogP contribution in [-0.2, 0) is 11.3 Å². The molecule has 6 nitrogen and oxygen atoms in total. The van der Waals surface area contributed by atoms with Crippen LogP contribution in [0.5, 0.6) is 0 Å². The number of ether oxygens (including phenoxy) is 1. The number of carbonyl (C=O) groups excluding carboxylic acids is 2. The van der Waals surface area contributed by atoms with Crippen LogP contribution in [-0.4, -0.2) is 53.1 Å². The van der Waals surface area contributed by atoms with Crippen molar-refractivity contribution in [3.05, 3.63) is 35.4 Å². The summed E-state index contributed by atoms with van der Waals surface area (Å²) in [5, 5.41) is 0. The van der Waals surface area contributed by atoms with E-state index in [4.69, 9.17) is 10.5 Å². The predicted molar refractivity (Wildman–Crippen MR) is 111 cm³/mol. The maximum absolute atomic E-state index is 12.6. The molecule has 156 valence electrons. The molecule has 6 heteroatoms. The average Bonchev–Trinajstić information content (AvgIpc) is 2.58. The lowest BCUT2D eigenvalue weighted by Crippen LogP contribution is -2.46. The van der Waals surface area contributed by atoms with E-state index in [1.807, 2.05) is 57.7 Å². The molecule has 1 unspecified atom stereocenters. The molecule has 1 fully saturated rings. The summed E-state index contributed by atoms with van der Waals surface area (Å²) in [5.74, 6) is 0.00583. The van der Waals surface area contributed by atoms with Crippen molar-refractivity contribution >= 4 is 12.0 Å². The summed E-state index contributed by atoms with van der Waals surface area (Å²) >= 11 is 0. The van der Waals surface area contributed by atoms with Gasteiger partial charge >= 0.3 is 6.09 Å². The van der Waals surface area contributed by atoms with Crippen molar-refractivity contribution in [1.82, 2.24) is 9.80 Å². The largest absolute Gasteiger partial charge is 0.444 e. The standard InChI is InChI=1S/C22H35N3O3/c1-16(2)25(21(27)28-22(3,4)5)15-18-9-7-11-24(14-18)13-17-8-6-10-19(12-17)20(23)26/h6,8,10,12,16,18H,7,9,11,13-15H2,1-5H3,(H2,23,26). The molecule has 1 aromatic rings. The Labute approximate surface area is 169 Å². The first kappa shape index (κ1) is 22.2. The highest BCUT2D eigenvalue weighted by Gasteiger charge is 2.29. The summed E-state index contributed by atoms with van der Waals surface area (Å²) in [4.78, 5) is 28.2. The van der Waals surface area contributed by atoms with Crippen LogP contribution in [0.25, 0.3) is 0 Å². The number of amides is 2. The number of piperidine rings is 1. The fourth-order valence-electron chi connectivity index (χ4n) is 3.62. The molecule has 1 atom stereocenters. The van der Waals surface area contributed by atoms with Gasteiger partial charge in [-0.05, 0) is 77.6 Å². The number of carbonyl (C=O) groups is 2. The lowest BCUT2D eigenvalue weighted by Gasteiger charge is -2.37. The van der Waals surface area contributed by atoms with Crippen molar-refractivity contribution in [3.63, 3.8) is 0 Å². The van der Waals surface area contributed by atoms with Crippen LogP contribution in [0.1, 0.15) is 63.4 Å². The zero-order chi connectivity index (χ0) is 20.9. The third-order valence-electron chi connectivity index (χ3n) is 4.93. The number of hydrogen-bond acceptors (Lipinski definition) is 4. The van der Waals surface area contributed by atoms with Gasteiger partial charge in [0.2, 0.25) is 5.91 Å². The van der Waals surface area contributed by atoms with Crippen molar-refractivity contribution in [2.45, 2.75) is 65.6 Å². The Bertz CT molecular complexity index is 682. The van der Waals surface area contributed by atoms with Gasteiger partial charge in [-0.2, -0.15) is 0 Å². The molecule has 0 bridgehead atoms. The van der Waals surface area contributed by atoms with Crippen LogP contribution >= 0.6 is 0 Å². The first-order valence-corrected chi connectivity index (χ1v) is 10.2. The highest BCUT2D eigenvalue weighted by Crippen LogP contribution is 2.22. The molecule has 0 saturated carbocycles. The summed E-state index contributed by atoms with van der Waals surface area (Å²) in [7, 11) is 0. The molecule has 0 aromatic heterocycles. The van der Waals surface area contributed by atoms with Crippen LogP contribution in [0.4, 0.5) is 4.79 Å². The molecule has 1 aliphatic heterocycles. The number of rotatable bonds is 6. The van der Waals surface area contributed by atoms with Crippen LogP contribution in [0.15, 0.2) is 24.3 Å². The first-order chi connectivity index (χ1) is 13.0. The van der Waals surface area contributed by atoms with Gasteiger partial charge in [-0.3, -0.25) is 9.69 Å². The van der Waals surface area contributed by atoms with Gasteiger partial charge < -0.3 is 15.4 Å². The Balaban J connectivity index is 1.98. The molecule has 2 rings (SSSR count). The SMILES string of the molecule is CC(C)N(CC1CCCN(Cc2cccc(C(N)=O)c2)C1)C(=O)OC(C)(C)C. The molecular formula is C22H35N3O3. The van der Waals surface area contributed by atoms with Crippen LogP contribution in [0.2, 0.25) is 0 Å². The maximum Gasteiger partial charge on any atom is 0.410 e. The lowest BCUT2D eigenvalue weighted by atomic mass is 9.96. The van der Waals surface area contributed by atoms with Crippen molar-refractivity contribution in [1.29, 1.82) is 0 Å². The Morgan fingerprint density at radius 2 is 2.04 bits per heavy atom. The van der Waals surface area contributed by atoms with E-state index in [1.165, 1.54) is 0 Å². The quantitative estimate of drug-likeness (QED) is 0.806. The minimum atomic E-state index is -0.492. The number of hydrogen-bond donors (Lipinski definition) is 1. The molecule has 1 saturated heterocycles. The molecule has 28 heavy (non-hydrogen) atoms. The molecular weight excluding hydrogens is 354 g/mol. The van der Waals surface area contributed by atoms with E-state index in [-0.39, 0.29) is 12.1 Å². The second-order valence-corrected chi connectivity index (χ2v) is 9.03. The van der Waals surface area contributed by atoms with Crippen LogP contribution < -0.4 is 5.73 Å². The van der Waals surface area contributed by atoms with Crippen molar-refractivity contribution in [2.24, 2.45) is 11.7 Å². The van der Waals surface area contributed by atoms with Crippen molar-refractivity contribution < 1.29 is 14.3 Å². The molecule has 2 N–H and O–H groups in total. The fourth-order valence-corrected chi connectivity index (χ4v) is 3.62. The molecule has 1 aromatic carbocycles. The van der Waals surface area contributed by atoms with E-state index in [0.717, 1.165) is 38.0 Å². The van der Waals surface area contributed by atoms with E-state index in [2.05, 4.69) is 4.90 Å². The summed E-state index contributed by atoms with van der Waals surface area (Å²) in [6, 6.07) is 7.61. The van der Waals surface area contributed by atoms with Gasteiger partial charge in [0.05, 0.1) is 0 Å². The topological polar surface area (TPSA) is 75.9 Å². The van der Waals surface area contributed by atoms with E-state index < -0.39 is 11.5 Å². The zero-order valence-corrected chi connectivity index (χ0v) is 17.9. The van der Waals surface area contributed by atoms with Gasteiger partial charge in [0.1, 0.15) is 5.60 Å². The number of likely N-dealkylation sites (tertiary alicyclic amines) is 1. The van der Waals surface area contributed by atoms with Crippen LogP contribution in [0, 0.1) is 5.92 Å². The zero-order valence-electron chi connectivity index (χ0n) is 17.9. The van der Waals surface area contributed by atoms with Crippen molar-refractivity contribution in [3.8, 4) is 0 Å². The summed E-state index contributed by atoms with van der Waals surface area (Å²) in [5.41, 5.74) is 6.53. The van der Waals surface area contributed by atoms with Gasteiger partial charge in [-0.25, -0.2) is 4.79 Å². The molecule has 1 aliphatic rings. The van der Waals surface area contributed by atoms with E-state index in [0.29, 0.717) is 18.0 Å². The molecule has 2 amide bonds. The maximum atomic E-state index is 12.6. The Kier molecular flexibility index (Phi) is 7.47. The Morgan fingerprint density at radius 3 is 2.64 bits per heavy atom. The number of nitrogens with two attached hydrogens (primary N) is 1. The number of primary amides is 1. The van der Waals surface area contributed by atoms with Crippen LogP contribution in [0.3, 0.4) is 0 Å². The van der Waals surface area contributed by atoms with E-state index >= 15 is 0 Å². The van der Waals surface area contributed by atoms with Gasteiger partial charge in [-0.15, -0.1) is 0 Å². The minimum absolute atomic E-state index is 0.0949. The van der Waals surface area contributed by atoms with Gasteiger partial charge in [0.15, 0.2) is 0 Å². The lowest BCUT2D eigenvalue weighted by molar-refractivity contribution is 0.0118. The minimum Gasteiger partial charge on any atom is -0.444 e. The highest BCUT2D eigenvalue weighted by atomic mass is 16.6. The second kappa shape index (κ2) is 9.41. The van der Waals surface area contributed by atoms with Crippen molar-refractivity contribution in [2.75, 3.05) is 19.6 Å². The number of nitrogens with zero attached hydrogens (tertiary/aromatic N) is 2. The summed E-state index contributed by atoms with van der Waals surface area (Å²) in [6.45, 7) is 13.2. The molecule has 1 heterocycles. The van der Waals surface area contributed by atoms with E-state index in [9.17, 15) is 9.59 Å². The van der Waals surface area contributed by atoms with Gasteiger partial charge in [0, 0.05) is 31.2 Å². The Hall–Kier alpha value is -2.08. The van der Waals surface area contributed by atoms with E-state index in [1.54, 1.807) is 6.07 Å². The Morgan fingerprint density at radius 1 is 1.32 bits per heavy atom. The molecule has 0 spiro atoms. The number of benzene rings is 1. The fraction of sp³-hybridized carbons (Fsp3) is 0.636. The first-order valence-electron chi connectivity index (χ1n) is 10.2. The highest BCUT2D eigenvalue weighted by molar-refractivity contribution is 5.92. The second-order valence-electron chi connectivity index (χ2n) is 9.03. The van der Waals surface area contributed by atoms with Gasteiger partial charge in [0.25, 0.3) is 0 Å². The third kappa shape index (κ3) is 6.82. The smallest absolute Gasteiger partial charge is 0.410 e. The average molecular weight is 390 g/mol. The summed E-state index contributed by atoms with van der Waals surface area (Å²) < 4.78 is 5.59. The predicted octanol–water partition coefficient (Wildman–Crippen LogP) is 3.64. The third-order valence-corrected chi connectivity index (χ3v) is 4.93. The summed E-state index contributed by atoms with van der Waals surface area (Å²) in [6.07, 6.45) is 1.96. The van der Waals surface area contributed by atoms with Gasteiger partial charge in [-0.1, -0.05) is 12.1 Å². The monoisotopic (exact) mass is 389 g/mol. The molecule has 0 radical (unpaired) electrons. The normalized spacial score (nSPS) is 18.1. The molecule has 0 aliphatic carbocycles.